The normalized spacial score (nSPS) is 11.7. The van der Waals surface area contributed by atoms with Crippen molar-refractivity contribution in [2.45, 2.75) is 26.0 Å². The largest absolute Gasteiger partial charge is 0.481 e. The number of allylic oxidation sites excluding steroid dienone is 1. The van der Waals surface area contributed by atoms with Crippen LogP contribution in [0.25, 0.3) is 11.1 Å². The van der Waals surface area contributed by atoms with Crippen LogP contribution >= 0.6 is 11.8 Å². The highest BCUT2D eigenvalue weighted by Crippen LogP contribution is 2.24. The Morgan fingerprint density at radius 1 is 1.05 bits per heavy atom. The molecule has 2 aromatic heterocycles. The molecule has 0 unspecified atom stereocenters. The van der Waals surface area contributed by atoms with Gasteiger partial charge in [-0.1, -0.05) is 24.3 Å². The van der Waals surface area contributed by atoms with Crippen LogP contribution in [0, 0.1) is 17.5 Å². The number of benzene rings is 2. The maximum Gasteiger partial charge on any atom is 0.387 e. The summed E-state index contributed by atoms with van der Waals surface area (Å²) in [6.07, 6.45) is 7.32. The molecular formula is C29H27F5N4O3S. The minimum atomic E-state index is -2.78. The molecule has 3 heterocycles. The molecule has 13 heteroatoms. The summed E-state index contributed by atoms with van der Waals surface area (Å²) in [7, 11) is 1.50. The topological polar surface area (TPSA) is 89.1 Å². The Kier molecular flexibility index (Phi) is 12.8. The van der Waals surface area contributed by atoms with Crippen molar-refractivity contribution in [3.05, 3.63) is 107 Å². The fourth-order valence-corrected chi connectivity index (χ4v) is 4.08. The number of hydrogen-bond acceptors (Lipinski definition) is 6. The van der Waals surface area contributed by atoms with Gasteiger partial charge in [-0.2, -0.15) is 13.9 Å². The van der Waals surface area contributed by atoms with Crippen molar-refractivity contribution < 1.29 is 36.2 Å². The highest BCUT2D eigenvalue weighted by molar-refractivity contribution is 8.02. The van der Waals surface area contributed by atoms with Crippen molar-refractivity contribution in [1.29, 1.82) is 0 Å². The van der Waals surface area contributed by atoms with Crippen LogP contribution in [-0.4, -0.2) is 40.6 Å². The zero-order chi connectivity index (χ0) is 30.3. The summed E-state index contributed by atoms with van der Waals surface area (Å²) in [6.45, 7) is -2.52. The lowest BCUT2D eigenvalue weighted by molar-refractivity contribution is -0.120. The van der Waals surface area contributed by atoms with Gasteiger partial charge in [0.05, 0.1) is 25.9 Å². The first-order chi connectivity index (χ1) is 20.2. The first-order valence-corrected chi connectivity index (χ1v) is 13.5. The molecule has 222 valence electrons. The summed E-state index contributed by atoms with van der Waals surface area (Å²) in [5, 5.41) is 10.6. The molecule has 7 nitrogen and oxygen atoms in total. The average molecular weight is 607 g/mol. The van der Waals surface area contributed by atoms with Crippen molar-refractivity contribution in [3.63, 3.8) is 0 Å². The second-order valence-corrected chi connectivity index (χ2v) is 9.45. The van der Waals surface area contributed by atoms with Crippen molar-refractivity contribution in [1.82, 2.24) is 20.5 Å². The predicted molar refractivity (Wildman–Crippen MR) is 150 cm³/mol. The lowest BCUT2D eigenvalue weighted by Crippen LogP contribution is -2.25. The van der Waals surface area contributed by atoms with Gasteiger partial charge in [-0.25, -0.2) is 18.2 Å². The number of halogens is 5. The fraction of sp³-hybridized carbons (Fsp3) is 0.207. The van der Waals surface area contributed by atoms with E-state index in [1.165, 1.54) is 49.9 Å². The molecular weight excluding hydrogens is 579 g/mol. The number of ether oxygens (including phenoxy) is 2. The van der Waals surface area contributed by atoms with E-state index in [2.05, 4.69) is 36.7 Å². The van der Waals surface area contributed by atoms with Crippen LogP contribution in [0.2, 0.25) is 0 Å². The second kappa shape index (κ2) is 16.8. The van der Waals surface area contributed by atoms with E-state index < -0.39 is 24.1 Å². The molecule has 0 saturated heterocycles. The third-order valence-electron chi connectivity index (χ3n) is 5.45. The van der Waals surface area contributed by atoms with Crippen molar-refractivity contribution in [3.8, 4) is 22.8 Å². The number of nitrogens with zero attached hydrogens (tertiary/aromatic N) is 2. The highest BCUT2D eigenvalue weighted by Gasteiger charge is 2.11. The maximum absolute atomic E-state index is 14.4. The summed E-state index contributed by atoms with van der Waals surface area (Å²) >= 11 is 1.89. The molecule has 0 bridgehead atoms. The van der Waals surface area contributed by atoms with E-state index in [9.17, 15) is 26.7 Å². The van der Waals surface area contributed by atoms with Gasteiger partial charge in [0, 0.05) is 24.6 Å². The van der Waals surface area contributed by atoms with Crippen LogP contribution in [-0.2, 0) is 17.8 Å². The molecule has 0 aliphatic carbocycles. The number of alkyl halides is 2. The van der Waals surface area contributed by atoms with E-state index in [0.717, 1.165) is 17.7 Å². The number of amides is 1. The SMILES string of the molecule is C1=CSCC1.COc1cc(CNC(=O)Cc2ccc(-c3ccc(F)c(F)c3)cc2F)ccn1.FC(F)Oc1cn[nH]c1. The number of thioether (sulfide) groups is 1. The van der Waals surface area contributed by atoms with Crippen molar-refractivity contribution in [2.24, 2.45) is 0 Å². The number of rotatable bonds is 8. The number of aromatic nitrogens is 3. The number of carbonyl (C=O) groups is 1. The van der Waals surface area contributed by atoms with E-state index in [-0.39, 0.29) is 30.2 Å². The van der Waals surface area contributed by atoms with Gasteiger partial charge in [0.1, 0.15) is 5.82 Å². The van der Waals surface area contributed by atoms with Gasteiger partial charge >= 0.3 is 6.61 Å². The Balaban J connectivity index is 0.000000281. The van der Waals surface area contributed by atoms with Gasteiger partial charge in [-0.05, 0) is 58.3 Å². The number of nitrogens with one attached hydrogen (secondary N) is 2. The zero-order valence-electron chi connectivity index (χ0n) is 22.3. The quantitative estimate of drug-likeness (QED) is 0.218. The minimum absolute atomic E-state index is 0.0463. The summed E-state index contributed by atoms with van der Waals surface area (Å²) in [4.78, 5) is 16.1. The van der Waals surface area contributed by atoms with Gasteiger partial charge in [-0.3, -0.25) is 9.89 Å². The fourth-order valence-electron chi connectivity index (χ4n) is 3.40. The van der Waals surface area contributed by atoms with E-state index in [1.807, 2.05) is 11.8 Å². The standard InChI is InChI=1S/C21H17F3N2O2.C4H4F2N2O.C4H6S/c1-28-21-8-13(6-7-25-21)12-26-20(27)11-16-3-2-14(9-18(16)23)15-4-5-17(22)19(24)10-15;5-4(6)9-3-1-7-8-2-3;1-2-4-5-3-1/h2-10H,11-12H2,1H3,(H,26,27);1-2,4H,(H,7,8);1,3H,2,4H2. The number of H-pyrrole nitrogens is 1. The summed E-state index contributed by atoms with van der Waals surface area (Å²) in [5.74, 6) is -1.13. The molecule has 42 heavy (non-hydrogen) atoms. The summed E-state index contributed by atoms with van der Waals surface area (Å²) in [6, 6.07) is 11.0. The molecule has 0 saturated carbocycles. The molecule has 2 N–H and O–H groups in total. The Hall–Kier alpha value is -4.39. The molecule has 0 radical (unpaired) electrons. The molecule has 1 aliphatic heterocycles. The third-order valence-corrected chi connectivity index (χ3v) is 6.30. The Bertz CT molecular complexity index is 1450. The average Bonchev–Trinajstić information content (AvgIpc) is 3.73. The predicted octanol–water partition coefficient (Wildman–Crippen LogP) is 6.68. The lowest BCUT2D eigenvalue weighted by Gasteiger charge is -2.09. The first-order valence-electron chi connectivity index (χ1n) is 12.4. The lowest BCUT2D eigenvalue weighted by atomic mass is 10.0. The Morgan fingerprint density at radius 3 is 2.38 bits per heavy atom. The molecule has 1 aliphatic rings. The van der Waals surface area contributed by atoms with Gasteiger partial charge in [0.15, 0.2) is 17.4 Å². The first kappa shape index (κ1) is 32.1. The molecule has 0 atom stereocenters. The van der Waals surface area contributed by atoms with E-state index >= 15 is 0 Å². The van der Waals surface area contributed by atoms with E-state index in [4.69, 9.17) is 4.74 Å². The highest BCUT2D eigenvalue weighted by atomic mass is 32.2. The molecule has 4 aromatic rings. The van der Waals surface area contributed by atoms with Crippen molar-refractivity contribution in [2.75, 3.05) is 12.9 Å². The second-order valence-electron chi connectivity index (χ2n) is 8.44. The van der Waals surface area contributed by atoms with Crippen LogP contribution in [0.3, 0.4) is 0 Å². The molecule has 0 spiro atoms. The Labute approximate surface area is 243 Å². The summed E-state index contributed by atoms with van der Waals surface area (Å²) < 4.78 is 72.4. The minimum Gasteiger partial charge on any atom is -0.481 e. The number of hydrogen-bond donors (Lipinski definition) is 2. The van der Waals surface area contributed by atoms with Crippen molar-refractivity contribution >= 4 is 17.7 Å². The molecule has 5 rings (SSSR count). The Morgan fingerprint density at radius 2 is 1.81 bits per heavy atom. The maximum atomic E-state index is 14.4. The summed E-state index contributed by atoms with van der Waals surface area (Å²) in [5.41, 5.74) is 1.75. The van der Waals surface area contributed by atoms with Gasteiger partial charge in [0.2, 0.25) is 11.8 Å². The van der Waals surface area contributed by atoms with Crippen LogP contribution in [0.4, 0.5) is 22.0 Å². The third kappa shape index (κ3) is 10.9. The van der Waals surface area contributed by atoms with Crippen LogP contribution in [0.5, 0.6) is 11.6 Å². The number of aromatic amines is 1. The van der Waals surface area contributed by atoms with Gasteiger partial charge in [-0.15, -0.1) is 11.8 Å². The van der Waals surface area contributed by atoms with Gasteiger partial charge in [0.25, 0.3) is 0 Å². The van der Waals surface area contributed by atoms with Gasteiger partial charge < -0.3 is 14.8 Å². The van der Waals surface area contributed by atoms with E-state index in [0.29, 0.717) is 17.0 Å². The van der Waals surface area contributed by atoms with Crippen LogP contribution < -0.4 is 14.8 Å². The number of pyridine rings is 1. The monoisotopic (exact) mass is 606 g/mol. The van der Waals surface area contributed by atoms with Crippen LogP contribution in [0.15, 0.2) is 78.6 Å². The van der Waals surface area contributed by atoms with E-state index in [1.54, 1.807) is 24.4 Å². The zero-order valence-corrected chi connectivity index (χ0v) is 23.1. The smallest absolute Gasteiger partial charge is 0.387 e. The number of methoxy groups -OCH3 is 1. The molecule has 0 fully saturated rings. The van der Waals surface area contributed by atoms with Crippen LogP contribution in [0.1, 0.15) is 17.5 Å². The number of carbonyl (C=O) groups excluding carboxylic acids is 1. The molecule has 1 amide bonds. The molecule has 2 aromatic carbocycles.